The van der Waals surface area contributed by atoms with Gasteiger partial charge in [-0.15, -0.1) is 0 Å². The van der Waals surface area contributed by atoms with Gasteiger partial charge in [0.25, 0.3) is 0 Å². The van der Waals surface area contributed by atoms with Crippen molar-refractivity contribution < 1.29 is 18.8 Å². The number of nitrogens with zero attached hydrogens (tertiary/aromatic N) is 3. The van der Waals surface area contributed by atoms with Crippen LogP contribution in [0.3, 0.4) is 0 Å². The van der Waals surface area contributed by atoms with E-state index in [2.05, 4.69) is 15.5 Å². The number of nitrogens with one attached hydrogen (secondary N) is 2. The molecule has 2 bridgehead atoms. The molecule has 4 fully saturated rings. The Morgan fingerprint density at radius 3 is 2.53 bits per heavy atom. The number of hydrogen-bond donors (Lipinski definition) is 2. The molecule has 4 saturated heterocycles. The minimum Gasteiger partial charge on any atom is -0.339 e. The van der Waals surface area contributed by atoms with Crippen molar-refractivity contribution in [1.29, 1.82) is 0 Å². The maximum Gasteiger partial charge on any atom is 0.320 e. The van der Waals surface area contributed by atoms with E-state index in [1.165, 1.54) is 12.1 Å². The first-order valence-corrected chi connectivity index (χ1v) is 12.6. The smallest absolute Gasteiger partial charge is 0.320 e. The molecule has 4 aliphatic rings. The highest BCUT2D eigenvalue weighted by Crippen LogP contribution is 2.38. The minimum atomic E-state index is -0.298. The molecule has 0 radical (unpaired) electrons. The average molecular weight is 472 g/mol. The SMILES string of the molecule is O=C(NCc1ccc(F)cc1)NC1CCN(C(=O)N2CC3CC(C2)[C@H]2CCCC(=O)N2C3)CC1. The summed E-state index contributed by atoms with van der Waals surface area (Å²) in [5.41, 5.74) is 0.837. The summed E-state index contributed by atoms with van der Waals surface area (Å²) < 4.78 is 13.0. The zero-order valence-corrected chi connectivity index (χ0v) is 19.5. The Balaban J connectivity index is 1.07. The molecule has 5 rings (SSSR count). The van der Waals surface area contributed by atoms with Crippen LogP contribution in [0.4, 0.5) is 14.0 Å². The number of amides is 5. The monoisotopic (exact) mass is 471 g/mol. The summed E-state index contributed by atoms with van der Waals surface area (Å²) >= 11 is 0. The molecule has 3 atom stereocenters. The van der Waals surface area contributed by atoms with E-state index in [-0.39, 0.29) is 23.9 Å². The predicted molar refractivity (Wildman–Crippen MR) is 124 cm³/mol. The number of hydrogen-bond acceptors (Lipinski definition) is 3. The summed E-state index contributed by atoms with van der Waals surface area (Å²) in [5, 5.41) is 5.80. The van der Waals surface area contributed by atoms with Crippen LogP contribution in [0.1, 0.15) is 44.1 Å². The average Bonchev–Trinajstić information content (AvgIpc) is 2.84. The maximum atomic E-state index is 13.3. The van der Waals surface area contributed by atoms with Crippen LogP contribution in [-0.4, -0.2) is 77.5 Å². The molecule has 0 spiro atoms. The van der Waals surface area contributed by atoms with Crippen LogP contribution < -0.4 is 10.6 Å². The summed E-state index contributed by atoms with van der Waals surface area (Å²) in [7, 11) is 0. The Hall–Kier alpha value is -2.84. The van der Waals surface area contributed by atoms with E-state index >= 15 is 0 Å². The fourth-order valence-electron chi connectivity index (χ4n) is 6.20. The first-order valence-electron chi connectivity index (χ1n) is 12.6. The number of halogens is 1. The highest BCUT2D eigenvalue weighted by atomic mass is 19.1. The lowest BCUT2D eigenvalue weighted by molar-refractivity contribution is -0.144. The Labute approximate surface area is 199 Å². The normalized spacial score (nSPS) is 27.3. The Morgan fingerprint density at radius 2 is 1.76 bits per heavy atom. The van der Waals surface area contributed by atoms with E-state index in [4.69, 9.17) is 0 Å². The molecular formula is C25H34FN5O3. The van der Waals surface area contributed by atoms with Crippen molar-refractivity contribution >= 4 is 18.0 Å². The fourth-order valence-corrected chi connectivity index (χ4v) is 6.20. The number of urea groups is 2. The van der Waals surface area contributed by atoms with Gasteiger partial charge in [-0.05, 0) is 61.6 Å². The highest BCUT2D eigenvalue weighted by molar-refractivity contribution is 5.78. The van der Waals surface area contributed by atoms with Crippen LogP contribution >= 0.6 is 0 Å². The number of carbonyl (C=O) groups is 3. The second-order valence-corrected chi connectivity index (χ2v) is 10.3. The van der Waals surface area contributed by atoms with Crippen LogP contribution in [0.25, 0.3) is 0 Å². The lowest BCUT2D eigenvalue weighted by Gasteiger charge is -2.53. The third kappa shape index (κ3) is 4.98. The van der Waals surface area contributed by atoms with Crippen molar-refractivity contribution in [2.24, 2.45) is 11.8 Å². The molecule has 8 nitrogen and oxygen atoms in total. The van der Waals surface area contributed by atoms with Crippen molar-refractivity contribution in [3.8, 4) is 0 Å². The Kier molecular flexibility index (Phi) is 6.61. The molecule has 2 unspecified atom stereocenters. The Bertz CT molecular complexity index is 918. The van der Waals surface area contributed by atoms with Crippen molar-refractivity contribution in [3.05, 3.63) is 35.6 Å². The fraction of sp³-hybridized carbons (Fsp3) is 0.640. The molecule has 0 saturated carbocycles. The molecule has 2 N–H and O–H groups in total. The van der Waals surface area contributed by atoms with Gasteiger partial charge >= 0.3 is 12.1 Å². The number of benzene rings is 1. The van der Waals surface area contributed by atoms with E-state index < -0.39 is 0 Å². The zero-order chi connectivity index (χ0) is 23.7. The second kappa shape index (κ2) is 9.80. The van der Waals surface area contributed by atoms with Crippen molar-refractivity contribution in [2.75, 3.05) is 32.7 Å². The van der Waals surface area contributed by atoms with Crippen LogP contribution in [0.2, 0.25) is 0 Å². The molecule has 0 aliphatic carbocycles. The summed E-state index contributed by atoms with van der Waals surface area (Å²) in [4.78, 5) is 43.9. The van der Waals surface area contributed by atoms with Gasteiger partial charge < -0.3 is 25.3 Å². The zero-order valence-electron chi connectivity index (χ0n) is 19.5. The van der Waals surface area contributed by atoms with Gasteiger partial charge in [-0.25, -0.2) is 14.0 Å². The number of carbonyl (C=O) groups excluding carboxylic acids is 3. The standard InChI is InChI=1S/C25H34FN5O3/c26-20-6-4-17(5-7-20)13-27-24(33)28-21-8-10-29(11-9-21)25(34)30-14-18-12-19(16-30)22-2-1-3-23(32)31(22)15-18/h4-7,18-19,21-22H,1-3,8-16H2,(H2,27,28,33)/t18?,19?,22-/m1/s1. The molecule has 9 heteroatoms. The third-order valence-corrected chi connectivity index (χ3v) is 7.92. The second-order valence-electron chi connectivity index (χ2n) is 10.3. The predicted octanol–water partition coefficient (Wildman–Crippen LogP) is 2.54. The van der Waals surface area contributed by atoms with Crippen molar-refractivity contribution in [3.63, 3.8) is 0 Å². The summed E-state index contributed by atoms with van der Waals surface area (Å²) in [6, 6.07) is 6.24. The van der Waals surface area contributed by atoms with Gasteiger partial charge in [-0.1, -0.05) is 12.1 Å². The number of piperidine rings is 4. The lowest BCUT2D eigenvalue weighted by atomic mass is 9.76. The summed E-state index contributed by atoms with van der Waals surface area (Å²) in [6.07, 6.45) is 5.27. The molecule has 1 aromatic carbocycles. The van der Waals surface area contributed by atoms with Crippen LogP contribution in [0, 0.1) is 17.7 Å². The molecule has 1 aromatic rings. The van der Waals surface area contributed by atoms with Crippen molar-refractivity contribution in [2.45, 2.75) is 57.2 Å². The van der Waals surface area contributed by atoms with Crippen molar-refractivity contribution in [1.82, 2.24) is 25.3 Å². The van der Waals surface area contributed by atoms with E-state index in [9.17, 15) is 18.8 Å². The minimum absolute atomic E-state index is 0.0276. The van der Waals surface area contributed by atoms with Gasteiger partial charge in [0, 0.05) is 57.8 Å². The first-order chi connectivity index (χ1) is 16.5. The molecule has 5 amide bonds. The Morgan fingerprint density at radius 1 is 1.00 bits per heavy atom. The largest absolute Gasteiger partial charge is 0.339 e. The molecule has 184 valence electrons. The topological polar surface area (TPSA) is 85.0 Å². The first kappa shape index (κ1) is 22.9. The molecule has 4 aliphatic heterocycles. The number of rotatable bonds is 3. The van der Waals surface area contributed by atoms with Crippen LogP contribution in [0.5, 0.6) is 0 Å². The van der Waals surface area contributed by atoms with Gasteiger partial charge in [0.1, 0.15) is 5.82 Å². The molecule has 0 aromatic heterocycles. The maximum absolute atomic E-state index is 13.3. The van der Waals surface area contributed by atoms with Gasteiger partial charge in [0.05, 0.1) is 0 Å². The number of likely N-dealkylation sites (tertiary alicyclic amines) is 2. The van der Waals surface area contributed by atoms with Gasteiger partial charge in [-0.2, -0.15) is 0 Å². The van der Waals surface area contributed by atoms with Crippen LogP contribution in [0.15, 0.2) is 24.3 Å². The number of fused-ring (bicyclic) bond motifs is 4. The van der Waals surface area contributed by atoms with Gasteiger partial charge in [-0.3, -0.25) is 4.79 Å². The van der Waals surface area contributed by atoms with E-state index in [1.54, 1.807) is 12.1 Å². The summed E-state index contributed by atoms with van der Waals surface area (Å²) in [6.45, 7) is 3.86. The van der Waals surface area contributed by atoms with E-state index in [0.717, 1.165) is 57.3 Å². The molecule has 4 heterocycles. The molecular weight excluding hydrogens is 437 g/mol. The highest BCUT2D eigenvalue weighted by Gasteiger charge is 2.45. The third-order valence-electron chi connectivity index (χ3n) is 7.92. The van der Waals surface area contributed by atoms with Gasteiger partial charge in [0.2, 0.25) is 5.91 Å². The molecule has 34 heavy (non-hydrogen) atoms. The lowest BCUT2D eigenvalue weighted by Crippen LogP contribution is -2.62. The van der Waals surface area contributed by atoms with E-state index in [1.807, 2.05) is 9.80 Å². The van der Waals surface area contributed by atoms with Crippen LogP contribution in [-0.2, 0) is 11.3 Å². The van der Waals surface area contributed by atoms with Gasteiger partial charge in [0.15, 0.2) is 0 Å². The summed E-state index contributed by atoms with van der Waals surface area (Å²) in [5.74, 6) is 0.769. The quantitative estimate of drug-likeness (QED) is 0.711. The van der Waals surface area contributed by atoms with E-state index in [0.29, 0.717) is 49.8 Å².